The smallest absolute Gasteiger partial charge is 0.0912 e. The molecule has 11 heavy (non-hydrogen) atoms. The Morgan fingerprint density at radius 2 is 2.27 bits per heavy atom. The van der Waals surface area contributed by atoms with Gasteiger partial charge in [-0.2, -0.15) is 6.07 Å². The van der Waals surface area contributed by atoms with E-state index in [0.29, 0.717) is 5.15 Å². The predicted octanol–water partition coefficient (Wildman–Crippen LogP) is 1.41. The molecule has 0 aromatic carbocycles. The fourth-order valence-electron chi connectivity index (χ4n) is 0.778. The maximum absolute atomic E-state index is 5.70. The van der Waals surface area contributed by atoms with Gasteiger partial charge in [0, 0.05) is 43.5 Å². The number of fused-ring (bicyclic) bond motifs is 1. The van der Waals surface area contributed by atoms with Crippen LogP contribution in [0, 0.1) is 6.07 Å². The average molecular weight is 241 g/mol. The van der Waals surface area contributed by atoms with Crippen molar-refractivity contribution in [3.8, 4) is 0 Å². The van der Waals surface area contributed by atoms with Crippen LogP contribution in [0.5, 0.6) is 0 Å². The minimum atomic E-state index is 0. The molecule has 2 aromatic heterocycles. The maximum atomic E-state index is 5.70. The van der Waals surface area contributed by atoms with Crippen LogP contribution in [0.2, 0.25) is 5.15 Å². The summed E-state index contributed by atoms with van der Waals surface area (Å²) in [7, 11) is 0. The van der Waals surface area contributed by atoms with E-state index in [1.165, 1.54) is 6.33 Å². The quantitative estimate of drug-likeness (QED) is 0.560. The zero-order valence-corrected chi connectivity index (χ0v) is 9.10. The first-order valence-corrected chi connectivity index (χ1v) is 3.11. The number of aromatic amines is 1. The van der Waals surface area contributed by atoms with Crippen molar-refractivity contribution in [2.45, 2.75) is 0 Å². The molecule has 0 bridgehead atoms. The number of nitrogens with one attached hydrogen (secondary N) is 1. The largest absolute Gasteiger partial charge is 0.409 e. The molecule has 1 N–H and O–H groups in total. The Bertz CT molecular complexity index is 359. The molecule has 0 aliphatic carbocycles. The second kappa shape index (κ2) is 3.61. The number of hydrogen-bond donors (Lipinski definition) is 1. The van der Waals surface area contributed by atoms with Gasteiger partial charge in [0.2, 0.25) is 0 Å². The van der Waals surface area contributed by atoms with E-state index in [9.17, 15) is 0 Å². The second-order valence-electron chi connectivity index (χ2n) is 1.82. The summed E-state index contributed by atoms with van der Waals surface area (Å²) >= 11 is 5.70. The molecule has 0 atom stereocenters. The van der Waals surface area contributed by atoms with Gasteiger partial charge in [0.25, 0.3) is 0 Å². The Kier molecular flexibility index (Phi) is 2.99. The van der Waals surface area contributed by atoms with Gasteiger partial charge >= 0.3 is 0 Å². The first-order valence-electron chi connectivity index (χ1n) is 2.73. The zero-order chi connectivity index (χ0) is 6.97. The fourth-order valence-corrected chi connectivity index (χ4v) is 0.966. The van der Waals surface area contributed by atoms with E-state index in [4.69, 9.17) is 11.6 Å². The van der Waals surface area contributed by atoms with Crippen LogP contribution in [-0.4, -0.2) is 15.0 Å². The summed E-state index contributed by atoms with van der Waals surface area (Å²) in [6, 6.07) is 2.88. The molecule has 1 radical (unpaired) electrons. The monoisotopic (exact) mass is 241 g/mol. The fraction of sp³-hybridized carbons (Fsp3) is 0. The van der Waals surface area contributed by atoms with Gasteiger partial charge in [-0.05, 0) is 0 Å². The Morgan fingerprint density at radius 3 is 3.00 bits per heavy atom. The van der Waals surface area contributed by atoms with Crippen molar-refractivity contribution in [2.75, 3.05) is 0 Å². The van der Waals surface area contributed by atoms with Gasteiger partial charge in [-0.3, -0.25) is 9.97 Å². The van der Waals surface area contributed by atoms with Crippen LogP contribution in [0.1, 0.15) is 0 Å². The van der Waals surface area contributed by atoms with Gasteiger partial charge in [-0.15, -0.1) is 17.0 Å². The molecule has 5 heteroatoms. The van der Waals surface area contributed by atoms with E-state index in [1.54, 1.807) is 6.20 Å². The van der Waals surface area contributed by atoms with Crippen molar-refractivity contribution >= 4 is 22.6 Å². The van der Waals surface area contributed by atoms with Crippen LogP contribution in [0.3, 0.4) is 0 Å². The van der Waals surface area contributed by atoms with E-state index in [-0.39, 0.29) is 32.7 Å². The third-order valence-electron chi connectivity index (χ3n) is 1.23. The Morgan fingerprint density at radius 1 is 1.45 bits per heavy atom. The maximum Gasteiger partial charge on any atom is 0.0912 e. The van der Waals surface area contributed by atoms with Crippen LogP contribution in [-0.2, 0) is 32.7 Å². The van der Waals surface area contributed by atoms with E-state index in [0.717, 1.165) is 11.0 Å². The third-order valence-corrected chi connectivity index (χ3v) is 1.51. The molecule has 0 amide bonds. The third kappa shape index (κ3) is 1.61. The predicted molar refractivity (Wildman–Crippen MR) is 37.7 cm³/mol. The summed E-state index contributed by atoms with van der Waals surface area (Å²) in [5.41, 5.74) is 0.722. The Balaban J connectivity index is 0.000000605. The number of rotatable bonds is 0. The molecule has 53 valence electrons. The van der Waals surface area contributed by atoms with Crippen molar-refractivity contribution in [3.05, 3.63) is 23.7 Å². The standard InChI is InChI=1S/C6H3ClN3.Y/c7-5-4-1-2-8-6(4)10-3-9-5;/h2-3H,(H,8,9,10);/q-1;. The normalized spacial score (nSPS) is 9.55. The van der Waals surface area contributed by atoms with Crippen LogP contribution in [0.25, 0.3) is 11.0 Å². The minimum absolute atomic E-state index is 0. The molecule has 0 fully saturated rings. The molecule has 2 heterocycles. The molecular formula is C6H3ClN3Y-. The van der Waals surface area contributed by atoms with E-state index >= 15 is 0 Å². The molecule has 2 aromatic rings. The molecular weight excluding hydrogens is 238 g/mol. The second-order valence-corrected chi connectivity index (χ2v) is 2.18. The van der Waals surface area contributed by atoms with Crippen molar-refractivity contribution < 1.29 is 32.7 Å². The van der Waals surface area contributed by atoms with Gasteiger partial charge in [0.1, 0.15) is 0 Å². The molecule has 0 unspecified atom stereocenters. The number of H-pyrrole nitrogens is 1. The number of hydrogen-bond acceptors (Lipinski definition) is 2. The van der Waals surface area contributed by atoms with Crippen molar-refractivity contribution in [1.29, 1.82) is 0 Å². The van der Waals surface area contributed by atoms with E-state index in [2.05, 4.69) is 21.0 Å². The molecule has 0 spiro atoms. The van der Waals surface area contributed by atoms with Crippen molar-refractivity contribution in [2.24, 2.45) is 0 Å². The molecule has 0 aliphatic rings. The number of aromatic nitrogens is 3. The first kappa shape index (κ1) is 9.10. The summed E-state index contributed by atoms with van der Waals surface area (Å²) in [6.07, 6.45) is 3.07. The SMILES string of the molecule is Clc1ncnc2[nH]c[c-]c12.[Y]. The van der Waals surface area contributed by atoms with E-state index in [1.807, 2.05) is 0 Å². The summed E-state index contributed by atoms with van der Waals surface area (Å²) in [4.78, 5) is 10.6. The van der Waals surface area contributed by atoms with Crippen LogP contribution >= 0.6 is 11.6 Å². The molecule has 0 saturated carbocycles. The van der Waals surface area contributed by atoms with Crippen molar-refractivity contribution in [3.63, 3.8) is 0 Å². The van der Waals surface area contributed by atoms with E-state index < -0.39 is 0 Å². The minimum Gasteiger partial charge on any atom is -0.409 e. The summed E-state index contributed by atoms with van der Waals surface area (Å²) < 4.78 is 0. The van der Waals surface area contributed by atoms with Crippen molar-refractivity contribution in [1.82, 2.24) is 15.0 Å². The summed E-state index contributed by atoms with van der Waals surface area (Å²) in [5, 5.41) is 1.18. The van der Waals surface area contributed by atoms with Gasteiger partial charge in [0.05, 0.1) is 6.33 Å². The molecule has 0 aliphatic heterocycles. The Labute approximate surface area is 93.4 Å². The summed E-state index contributed by atoms with van der Waals surface area (Å²) in [5.74, 6) is 0. The van der Waals surface area contributed by atoms with Gasteiger partial charge in [-0.1, -0.05) is 6.20 Å². The summed E-state index contributed by atoms with van der Waals surface area (Å²) in [6.45, 7) is 0. The first-order chi connectivity index (χ1) is 4.88. The van der Waals surface area contributed by atoms with Gasteiger partial charge < -0.3 is 4.98 Å². The topological polar surface area (TPSA) is 41.6 Å². The van der Waals surface area contributed by atoms with Gasteiger partial charge in [-0.25, -0.2) is 0 Å². The number of halogens is 1. The molecule has 2 rings (SSSR count). The number of nitrogens with zero attached hydrogens (tertiary/aromatic N) is 2. The van der Waals surface area contributed by atoms with Gasteiger partial charge in [0.15, 0.2) is 0 Å². The Hall–Kier alpha value is 0.0139. The molecule has 3 nitrogen and oxygen atoms in total. The van der Waals surface area contributed by atoms with Crippen LogP contribution < -0.4 is 0 Å². The van der Waals surface area contributed by atoms with Crippen LogP contribution in [0.15, 0.2) is 12.5 Å². The molecule has 0 saturated heterocycles. The van der Waals surface area contributed by atoms with Crippen LogP contribution in [0.4, 0.5) is 0 Å². The zero-order valence-electron chi connectivity index (χ0n) is 5.50. The average Bonchev–Trinajstić information content (AvgIpc) is 2.36.